The fourth-order valence-corrected chi connectivity index (χ4v) is 4.58. The number of nitrogens with one attached hydrogen (secondary N) is 1. The molecule has 1 N–H and O–H groups in total. The standard InChI is InChI=1S/C22H25N3O2S/c1-16-8-9-19-20(17(16)2)23-22(28-19)25(11-10-24-12-14-27-15-13-24)21(26)18-6-4-3-5-7-18/h3-9H,10-15H2,1-2H3/p+1. The van der Waals surface area contributed by atoms with Gasteiger partial charge in [-0.05, 0) is 43.2 Å². The van der Waals surface area contributed by atoms with Gasteiger partial charge in [-0.15, -0.1) is 0 Å². The Morgan fingerprint density at radius 2 is 1.89 bits per heavy atom. The number of hydrogen-bond acceptors (Lipinski definition) is 4. The lowest BCUT2D eigenvalue weighted by Gasteiger charge is -2.26. The molecule has 146 valence electrons. The molecule has 0 saturated carbocycles. The number of fused-ring (bicyclic) bond motifs is 1. The van der Waals surface area contributed by atoms with Crippen LogP contribution in [-0.4, -0.2) is 50.3 Å². The van der Waals surface area contributed by atoms with E-state index < -0.39 is 0 Å². The molecule has 0 atom stereocenters. The summed E-state index contributed by atoms with van der Waals surface area (Å²) in [6, 6.07) is 13.7. The quantitative estimate of drug-likeness (QED) is 0.721. The van der Waals surface area contributed by atoms with Gasteiger partial charge in [0, 0.05) is 5.56 Å². The molecule has 6 heteroatoms. The van der Waals surface area contributed by atoms with Gasteiger partial charge in [0.2, 0.25) is 0 Å². The Morgan fingerprint density at radius 1 is 1.14 bits per heavy atom. The number of thiazole rings is 1. The number of morpholine rings is 1. The normalized spacial score (nSPS) is 15.1. The van der Waals surface area contributed by atoms with Gasteiger partial charge >= 0.3 is 0 Å². The van der Waals surface area contributed by atoms with Gasteiger partial charge in [-0.2, -0.15) is 0 Å². The third-order valence-electron chi connectivity index (χ3n) is 5.46. The van der Waals surface area contributed by atoms with Gasteiger partial charge in [0.25, 0.3) is 5.91 Å². The zero-order valence-corrected chi connectivity index (χ0v) is 17.2. The van der Waals surface area contributed by atoms with E-state index in [-0.39, 0.29) is 5.91 Å². The van der Waals surface area contributed by atoms with Crippen LogP contribution in [0.2, 0.25) is 0 Å². The second kappa shape index (κ2) is 8.39. The van der Waals surface area contributed by atoms with Crippen LogP contribution in [0.4, 0.5) is 5.13 Å². The van der Waals surface area contributed by atoms with Gasteiger partial charge in [0.05, 0.1) is 36.5 Å². The Labute approximate surface area is 169 Å². The molecule has 1 saturated heterocycles. The number of quaternary nitrogens is 1. The van der Waals surface area contributed by atoms with E-state index in [0.29, 0.717) is 12.1 Å². The molecule has 1 fully saturated rings. The van der Waals surface area contributed by atoms with E-state index in [4.69, 9.17) is 9.72 Å². The van der Waals surface area contributed by atoms with Crippen molar-refractivity contribution in [3.8, 4) is 0 Å². The first kappa shape index (κ1) is 19.1. The summed E-state index contributed by atoms with van der Waals surface area (Å²) in [6.45, 7) is 9.32. The number of ether oxygens (including phenoxy) is 1. The Hall–Kier alpha value is -2.28. The SMILES string of the molecule is Cc1ccc2sc(N(CC[NH+]3CCOCC3)C(=O)c3ccccc3)nc2c1C. The van der Waals surface area contributed by atoms with Gasteiger partial charge < -0.3 is 9.64 Å². The number of nitrogens with zero attached hydrogens (tertiary/aromatic N) is 2. The fourth-order valence-electron chi connectivity index (χ4n) is 3.53. The maximum absolute atomic E-state index is 13.3. The van der Waals surface area contributed by atoms with Crippen molar-refractivity contribution in [1.29, 1.82) is 0 Å². The summed E-state index contributed by atoms with van der Waals surface area (Å²) in [4.78, 5) is 21.5. The number of aryl methyl sites for hydroxylation is 2. The maximum atomic E-state index is 13.3. The van der Waals surface area contributed by atoms with Crippen LogP contribution >= 0.6 is 11.3 Å². The van der Waals surface area contributed by atoms with Crippen molar-refractivity contribution in [2.45, 2.75) is 13.8 Å². The van der Waals surface area contributed by atoms with E-state index >= 15 is 0 Å². The van der Waals surface area contributed by atoms with Crippen molar-refractivity contribution in [1.82, 2.24) is 4.98 Å². The smallest absolute Gasteiger partial charge is 0.260 e. The number of benzene rings is 2. The molecule has 5 nitrogen and oxygen atoms in total. The van der Waals surface area contributed by atoms with Crippen molar-refractivity contribution < 1.29 is 14.4 Å². The second-order valence-corrected chi connectivity index (χ2v) is 8.29. The third kappa shape index (κ3) is 3.94. The molecule has 0 bridgehead atoms. The summed E-state index contributed by atoms with van der Waals surface area (Å²) in [5.74, 6) is 0.0155. The molecule has 1 aliphatic heterocycles. The third-order valence-corrected chi connectivity index (χ3v) is 6.50. The topological polar surface area (TPSA) is 46.9 Å². The van der Waals surface area contributed by atoms with Gasteiger partial charge in [-0.3, -0.25) is 9.69 Å². The molecule has 28 heavy (non-hydrogen) atoms. The van der Waals surface area contributed by atoms with E-state index in [0.717, 1.165) is 48.2 Å². The number of carbonyl (C=O) groups excluding carboxylic acids is 1. The molecule has 2 heterocycles. The van der Waals surface area contributed by atoms with Gasteiger partial charge in [0.15, 0.2) is 5.13 Å². The first-order valence-electron chi connectivity index (χ1n) is 9.78. The van der Waals surface area contributed by atoms with Crippen LogP contribution in [-0.2, 0) is 4.74 Å². The molecule has 1 amide bonds. The predicted octanol–water partition coefficient (Wildman–Crippen LogP) is 2.48. The lowest BCUT2D eigenvalue weighted by atomic mass is 10.1. The first-order chi connectivity index (χ1) is 13.6. The summed E-state index contributed by atoms with van der Waals surface area (Å²) in [6.07, 6.45) is 0. The van der Waals surface area contributed by atoms with Crippen LogP contribution < -0.4 is 9.80 Å². The number of hydrogen-bond donors (Lipinski definition) is 1. The minimum absolute atomic E-state index is 0.0155. The molecule has 0 spiro atoms. The highest BCUT2D eigenvalue weighted by Gasteiger charge is 2.24. The summed E-state index contributed by atoms with van der Waals surface area (Å²) in [7, 11) is 0. The van der Waals surface area contributed by atoms with Crippen LogP contribution in [0.15, 0.2) is 42.5 Å². The maximum Gasteiger partial charge on any atom is 0.260 e. The molecule has 0 radical (unpaired) electrons. The lowest BCUT2D eigenvalue weighted by molar-refractivity contribution is -0.906. The first-order valence-corrected chi connectivity index (χ1v) is 10.6. The van der Waals surface area contributed by atoms with Crippen molar-refractivity contribution in [3.63, 3.8) is 0 Å². The summed E-state index contributed by atoms with van der Waals surface area (Å²) in [5.41, 5.74) is 4.12. The van der Waals surface area contributed by atoms with Crippen LogP contribution in [0.5, 0.6) is 0 Å². The van der Waals surface area contributed by atoms with Gasteiger partial charge in [-0.1, -0.05) is 35.6 Å². The summed E-state index contributed by atoms with van der Waals surface area (Å²) >= 11 is 1.60. The summed E-state index contributed by atoms with van der Waals surface area (Å²) in [5, 5.41) is 0.783. The largest absolute Gasteiger partial charge is 0.370 e. The predicted molar refractivity (Wildman–Crippen MR) is 114 cm³/mol. The average Bonchev–Trinajstić information content (AvgIpc) is 3.17. The number of anilines is 1. The van der Waals surface area contributed by atoms with Crippen LogP contribution in [0, 0.1) is 13.8 Å². The average molecular weight is 397 g/mol. The number of amides is 1. The fraction of sp³-hybridized carbons (Fsp3) is 0.364. The second-order valence-electron chi connectivity index (χ2n) is 7.29. The molecule has 1 aliphatic rings. The molecule has 2 aromatic carbocycles. The molecular weight excluding hydrogens is 370 g/mol. The number of rotatable bonds is 5. The highest BCUT2D eigenvalue weighted by Crippen LogP contribution is 2.32. The van der Waals surface area contributed by atoms with Crippen LogP contribution in [0.1, 0.15) is 21.5 Å². The van der Waals surface area contributed by atoms with E-state index in [1.54, 1.807) is 11.3 Å². The minimum Gasteiger partial charge on any atom is -0.370 e. The molecule has 0 unspecified atom stereocenters. The van der Waals surface area contributed by atoms with E-state index in [2.05, 4.69) is 26.0 Å². The van der Waals surface area contributed by atoms with Crippen molar-refractivity contribution >= 4 is 32.6 Å². The van der Waals surface area contributed by atoms with Gasteiger partial charge in [0.1, 0.15) is 13.1 Å². The molecule has 1 aromatic heterocycles. The molecule has 4 rings (SSSR count). The van der Waals surface area contributed by atoms with Crippen molar-refractivity contribution in [3.05, 3.63) is 59.2 Å². The molecule has 3 aromatic rings. The van der Waals surface area contributed by atoms with Crippen molar-refractivity contribution in [2.24, 2.45) is 0 Å². The zero-order valence-electron chi connectivity index (χ0n) is 16.4. The number of aromatic nitrogens is 1. The Kier molecular flexibility index (Phi) is 5.71. The highest BCUT2D eigenvalue weighted by atomic mass is 32.1. The van der Waals surface area contributed by atoms with Crippen LogP contribution in [0.3, 0.4) is 0 Å². The van der Waals surface area contributed by atoms with Crippen LogP contribution in [0.25, 0.3) is 10.2 Å². The zero-order chi connectivity index (χ0) is 19.5. The van der Waals surface area contributed by atoms with Gasteiger partial charge in [-0.25, -0.2) is 4.98 Å². The Balaban J connectivity index is 1.65. The lowest BCUT2D eigenvalue weighted by Crippen LogP contribution is -3.14. The Bertz CT molecular complexity index is 965. The van der Waals surface area contributed by atoms with E-state index in [9.17, 15) is 4.79 Å². The van der Waals surface area contributed by atoms with Crippen molar-refractivity contribution in [2.75, 3.05) is 44.3 Å². The summed E-state index contributed by atoms with van der Waals surface area (Å²) < 4.78 is 6.59. The van der Waals surface area contributed by atoms with E-state index in [1.165, 1.54) is 16.0 Å². The Morgan fingerprint density at radius 3 is 2.64 bits per heavy atom. The molecule has 0 aliphatic carbocycles. The minimum atomic E-state index is 0.0155. The highest BCUT2D eigenvalue weighted by molar-refractivity contribution is 7.22. The molecular formula is C22H26N3O2S+. The monoisotopic (exact) mass is 396 g/mol. The number of carbonyl (C=O) groups is 1. The van der Waals surface area contributed by atoms with E-state index in [1.807, 2.05) is 35.2 Å².